The molecule has 0 unspecified atom stereocenters. The molecule has 180 valence electrons. The second-order valence-electron chi connectivity index (χ2n) is 7.19. The van der Waals surface area contributed by atoms with Crippen molar-refractivity contribution in [3.8, 4) is 0 Å². The van der Waals surface area contributed by atoms with Gasteiger partial charge in [-0.25, -0.2) is 0 Å². The summed E-state index contributed by atoms with van der Waals surface area (Å²) in [6.45, 7) is 8.23. The van der Waals surface area contributed by atoms with E-state index in [4.69, 9.17) is 0 Å². The van der Waals surface area contributed by atoms with Crippen molar-refractivity contribution in [1.82, 2.24) is 15.5 Å². The first-order valence-corrected chi connectivity index (χ1v) is 13.3. The molecule has 0 amide bonds. The highest BCUT2D eigenvalue weighted by Gasteiger charge is 2.25. The van der Waals surface area contributed by atoms with Crippen LogP contribution in [0.2, 0.25) is 0 Å². The zero-order chi connectivity index (χ0) is 24.3. The van der Waals surface area contributed by atoms with Crippen LogP contribution in [0.15, 0.2) is 65.6 Å². The third-order valence-electron chi connectivity index (χ3n) is 4.45. The molecule has 2 heterocycles. The Hall–Kier alpha value is -1.94. The van der Waals surface area contributed by atoms with E-state index in [-0.39, 0.29) is 0 Å². The van der Waals surface area contributed by atoms with E-state index in [2.05, 4.69) is 41.9 Å². The molecule has 9 heteroatoms. The molecule has 0 aliphatic heterocycles. The predicted octanol–water partition coefficient (Wildman–Crippen LogP) is 7.17. The minimum Gasteiger partial charge on any atom is -0.381 e. The average Bonchev–Trinajstić information content (AvgIpc) is 3.45. The second-order valence-corrected chi connectivity index (χ2v) is 10.2. The molecule has 0 bridgehead atoms. The van der Waals surface area contributed by atoms with Crippen molar-refractivity contribution in [2.75, 3.05) is 26.4 Å². The van der Waals surface area contributed by atoms with Crippen molar-refractivity contribution < 1.29 is 13.2 Å². The minimum atomic E-state index is -4.49. The highest BCUT2D eigenvalue weighted by Crippen LogP contribution is 2.30. The van der Waals surface area contributed by atoms with Gasteiger partial charge < -0.3 is 10.6 Å². The molecule has 0 aromatic carbocycles. The van der Waals surface area contributed by atoms with Crippen molar-refractivity contribution in [3.05, 3.63) is 80.2 Å². The van der Waals surface area contributed by atoms with E-state index in [9.17, 15) is 13.2 Å². The van der Waals surface area contributed by atoms with Crippen molar-refractivity contribution in [1.29, 1.82) is 0 Å². The minimum absolute atomic E-state index is 0.404. The van der Waals surface area contributed by atoms with E-state index in [0.717, 1.165) is 34.5 Å². The summed E-state index contributed by atoms with van der Waals surface area (Å²) in [7, 11) is 1.99. The molecular weight excluding hydrogens is 483 g/mol. The molecule has 0 aliphatic carbocycles. The molecule has 2 N–H and O–H groups in total. The van der Waals surface area contributed by atoms with E-state index in [1.165, 1.54) is 21.5 Å². The number of allylic oxidation sites excluding steroid dienone is 4. The molecule has 0 atom stereocenters. The van der Waals surface area contributed by atoms with Crippen LogP contribution in [0, 0.1) is 0 Å². The lowest BCUT2D eigenvalue weighted by Gasteiger charge is -2.18. The van der Waals surface area contributed by atoms with Gasteiger partial charge in [-0.15, -0.1) is 34.4 Å². The molecule has 0 aliphatic rings. The van der Waals surface area contributed by atoms with Crippen LogP contribution in [0.1, 0.15) is 28.0 Å². The van der Waals surface area contributed by atoms with Gasteiger partial charge >= 0.3 is 6.30 Å². The first-order chi connectivity index (χ1) is 15.7. The molecule has 0 saturated heterocycles. The summed E-state index contributed by atoms with van der Waals surface area (Å²) in [5.41, 5.74) is 1.23. The first-order valence-electron chi connectivity index (χ1n) is 10.4. The van der Waals surface area contributed by atoms with Gasteiger partial charge in [0.25, 0.3) is 0 Å². The van der Waals surface area contributed by atoms with Crippen LogP contribution in [-0.4, -0.2) is 37.6 Å². The number of hydrogen-bond donors (Lipinski definition) is 2. The number of nitrogens with one attached hydrogen (secondary N) is 2. The van der Waals surface area contributed by atoms with Crippen molar-refractivity contribution in [2.45, 2.75) is 26.2 Å². The molecular formula is C24H30F3N3S3. The number of likely N-dealkylation sites (N-methyl/N-ethyl adjacent to an activating group) is 1. The molecule has 0 saturated carbocycles. The van der Waals surface area contributed by atoms with Crippen LogP contribution in [0.5, 0.6) is 0 Å². The van der Waals surface area contributed by atoms with Crippen molar-refractivity contribution >= 4 is 45.7 Å². The zero-order valence-corrected chi connectivity index (χ0v) is 21.5. The van der Waals surface area contributed by atoms with Gasteiger partial charge in [-0.05, 0) is 55.0 Å². The number of rotatable bonds is 13. The van der Waals surface area contributed by atoms with E-state index in [1.807, 2.05) is 43.0 Å². The molecule has 0 spiro atoms. The van der Waals surface area contributed by atoms with Gasteiger partial charge in [-0.3, -0.25) is 4.90 Å². The van der Waals surface area contributed by atoms with Gasteiger partial charge in [0.05, 0.1) is 10.6 Å². The summed E-state index contributed by atoms with van der Waals surface area (Å²) in [4.78, 5) is 6.09. The average molecular weight is 514 g/mol. The quantitative estimate of drug-likeness (QED) is 0.219. The van der Waals surface area contributed by atoms with Gasteiger partial charge in [0, 0.05) is 40.5 Å². The second kappa shape index (κ2) is 13.7. The smallest absolute Gasteiger partial charge is 0.381 e. The molecule has 2 rings (SSSR count). The van der Waals surface area contributed by atoms with Crippen LogP contribution in [0.4, 0.5) is 13.2 Å². The fourth-order valence-corrected chi connectivity index (χ4v) is 5.02. The van der Waals surface area contributed by atoms with Crippen LogP contribution >= 0.6 is 34.4 Å². The van der Waals surface area contributed by atoms with Gasteiger partial charge in [-0.1, -0.05) is 31.7 Å². The SMILES string of the molecule is C=C(/C=C(\C=C/CC)SC)c1ccc(/C(=C/NC(F)(F)F)NCCN(C)Cc2cccs2)s1. The molecule has 3 nitrogen and oxygen atoms in total. The van der Waals surface area contributed by atoms with E-state index in [0.29, 0.717) is 23.7 Å². The Bertz CT molecular complexity index is 957. The molecule has 2 aromatic heterocycles. The Morgan fingerprint density at radius 3 is 2.64 bits per heavy atom. The maximum absolute atomic E-state index is 12.8. The first kappa shape index (κ1) is 27.3. The summed E-state index contributed by atoms with van der Waals surface area (Å²) >= 11 is 4.73. The number of hydrogen-bond acceptors (Lipinski definition) is 6. The highest BCUT2D eigenvalue weighted by molar-refractivity contribution is 8.02. The normalized spacial score (nSPS) is 13.2. The fraction of sp³-hybridized carbons (Fsp3) is 0.333. The molecule has 2 aromatic rings. The number of thiophene rings is 2. The number of thioether (sulfide) groups is 1. The third kappa shape index (κ3) is 10.2. The highest BCUT2D eigenvalue weighted by atomic mass is 32.2. The summed E-state index contributed by atoms with van der Waals surface area (Å²) < 4.78 is 38.4. The lowest BCUT2D eigenvalue weighted by atomic mass is 10.2. The molecule has 0 fully saturated rings. The lowest BCUT2D eigenvalue weighted by molar-refractivity contribution is -0.146. The van der Waals surface area contributed by atoms with E-state index in [1.54, 1.807) is 23.1 Å². The molecule has 0 radical (unpaired) electrons. The van der Waals surface area contributed by atoms with Gasteiger partial charge in [0.15, 0.2) is 0 Å². The Morgan fingerprint density at radius 2 is 2.00 bits per heavy atom. The standard InChI is InChI=1S/C24H30F3N3S3/c1-5-6-8-19(31-4)15-18(2)22-10-11-23(33-22)21(16-29-24(25,26)27)28-12-13-30(3)17-20-9-7-14-32-20/h6-11,14-16,28-29H,2,5,12-13,17H2,1,3-4H3/b8-6-,19-15+,21-16-. The van der Waals surface area contributed by atoms with Gasteiger partial charge in [0.1, 0.15) is 0 Å². The van der Waals surface area contributed by atoms with E-state index < -0.39 is 6.30 Å². The van der Waals surface area contributed by atoms with E-state index >= 15 is 0 Å². The van der Waals surface area contributed by atoms with Crippen LogP contribution in [0.3, 0.4) is 0 Å². The topological polar surface area (TPSA) is 27.3 Å². The van der Waals surface area contributed by atoms with Crippen molar-refractivity contribution in [2.24, 2.45) is 0 Å². The van der Waals surface area contributed by atoms with Gasteiger partial charge in [0.2, 0.25) is 0 Å². The number of nitrogens with zero attached hydrogens (tertiary/aromatic N) is 1. The number of alkyl halides is 3. The Morgan fingerprint density at radius 1 is 1.24 bits per heavy atom. The Balaban J connectivity index is 2.09. The summed E-state index contributed by atoms with van der Waals surface area (Å²) in [5, 5.41) is 6.72. The maximum atomic E-state index is 12.8. The Labute approximate surface area is 206 Å². The third-order valence-corrected chi connectivity index (χ3v) is 7.23. The number of halogens is 3. The summed E-state index contributed by atoms with van der Waals surface area (Å²) in [6.07, 6.45) is 5.58. The van der Waals surface area contributed by atoms with Crippen LogP contribution in [-0.2, 0) is 6.54 Å². The fourth-order valence-electron chi connectivity index (χ4n) is 2.80. The Kier molecular flexibility index (Phi) is 11.3. The van der Waals surface area contributed by atoms with Crippen molar-refractivity contribution in [3.63, 3.8) is 0 Å². The molecule has 33 heavy (non-hydrogen) atoms. The summed E-state index contributed by atoms with van der Waals surface area (Å²) in [6, 6.07) is 7.80. The summed E-state index contributed by atoms with van der Waals surface area (Å²) in [5.74, 6) is 0. The van der Waals surface area contributed by atoms with Crippen LogP contribution in [0.25, 0.3) is 11.3 Å². The monoisotopic (exact) mass is 513 g/mol. The van der Waals surface area contributed by atoms with Crippen LogP contribution < -0.4 is 10.6 Å². The predicted molar refractivity (Wildman–Crippen MR) is 140 cm³/mol. The zero-order valence-electron chi connectivity index (χ0n) is 19.0. The lowest BCUT2D eigenvalue weighted by Crippen LogP contribution is -2.30. The largest absolute Gasteiger partial charge is 0.481 e. The van der Waals surface area contributed by atoms with Gasteiger partial charge in [-0.2, -0.15) is 13.2 Å². The maximum Gasteiger partial charge on any atom is 0.481 e.